The first-order chi connectivity index (χ1) is 10.0. The van der Waals surface area contributed by atoms with Gasteiger partial charge >= 0.3 is 0 Å². The second-order valence-corrected chi connectivity index (χ2v) is 6.05. The number of aliphatic hydroxyl groups excluding tert-OH is 2. The highest BCUT2D eigenvalue weighted by molar-refractivity contribution is 7.99. The number of nitrogens with zero attached hydrogens (tertiary/aromatic N) is 3. The van der Waals surface area contributed by atoms with Crippen LogP contribution in [0.2, 0.25) is 0 Å². The molecule has 0 spiro atoms. The molecule has 0 fully saturated rings. The van der Waals surface area contributed by atoms with Crippen molar-refractivity contribution < 1.29 is 10.2 Å². The van der Waals surface area contributed by atoms with Crippen molar-refractivity contribution in [2.45, 2.75) is 11.0 Å². The molecule has 110 valence electrons. The van der Waals surface area contributed by atoms with Gasteiger partial charge in [0, 0.05) is 0 Å². The van der Waals surface area contributed by atoms with E-state index in [1.165, 1.54) is 23.1 Å². The third-order valence-corrected chi connectivity index (χ3v) is 4.98. The number of H-pyrrole nitrogens is 1. The van der Waals surface area contributed by atoms with Gasteiger partial charge in [0.2, 0.25) is 5.95 Å². The minimum absolute atomic E-state index is 0.0292. The Hall–Kier alpha value is -1.75. The van der Waals surface area contributed by atoms with Crippen LogP contribution in [0.25, 0.3) is 21.5 Å². The van der Waals surface area contributed by atoms with E-state index >= 15 is 0 Å². The molecular formula is C11H11N5O3S2. The highest BCUT2D eigenvalue weighted by Crippen LogP contribution is 2.39. The summed E-state index contributed by atoms with van der Waals surface area (Å²) in [5.74, 6) is -0.0292. The third kappa shape index (κ3) is 2.25. The molecule has 0 amide bonds. The number of aromatic amines is 1. The van der Waals surface area contributed by atoms with Gasteiger partial charge in [0.15, 0.2) is 11.2 Å². The number of anilines is 1. The number of nitrogen functional groups attached to an aromatic ring is 1. The summed E-state index contributed by atoms with van der Waals surface area (Å²) in [6.07, 6.45) is 0.819. The van der Waals surface area contributed by atoms with Gasteiger partial charge in [-0.3, -0.25) is 9.78 Å². The van der Waals surface area contributed by atoms with E-state index < -0.39 is 18.3 Å². The number of thiophene rings is 1. The molecule has 3 heterocycles. The summed E-state index contributed by atoms with van der Waals surface area (Å²) in [6.45, 7) is -0.397. The fourth-order valence-corrected chi connectivity index (χ4v) is 4.04. The Kier molecular flexibility index (Phi) is 3.53. The topological polar surface area (TPSA) is 138 Å². The molecule has 0 aliphatic carbocycles. The molecule has 3 rings (SSSR count). The molecule has 0 aromatic carbocycles. The van der Waals surface area contributed by atoms with Crippen LogP contribution in [0, 0.1) is 0 Å². The van der Waals surface area contributed by atoms with E-state index in [-0.39, 0.29) is 17.1 Å². The number of rotatable bonds is 3. The summed E-state index contributed by atoms with van der Waals surface area (Å²) >= 11 is 2.58. The van der Waals surface area contributed by atoms with Crippen LogP contribution in [0.3, 0.4) is 0 Å². The zero-order chi connectivity index (χ0) is 15.1. The summed E-state index contributed by atoms with van der Waals surface area (Å²) in [5, 5.41) is 19.0. The van der Waals surface area contributed by atoms with Crippen LogP contribution >= 0.6 is 23.1 Å². The number of aliphatic hydroxyl groups is 2. The number of fused-ring (bicyclic) bond motifs is 2. The Morgan fingerprint density at radius 3 is 2.81 bits per heavy atom. The standard InChI is InChI=1S/C11H11N5O3S2/c1-20-7-4-10(21-6(7)3(18)2-17)14-8-5(13-4)9(19)16-11(12)15-8/h3,17-18H,2H2,1H3,(H3,12,14,15,16,19). The van der Waals surface area contributed by atoms with Gasteiger partial charge in [0.25, 0.3) is 5.56 Å². The first kappa shape index (κ1) is 14.2. The average Bonchev–Trinajstić information content (AvgIpc) is 2.81. The Morgan fingerprint density at radius 2 is 2.14 bits per heavy atom. The molecule has 0 aliphatic rings. The van der Waals surface area contributed by atoms with Crippen LogP contribution in [0.4, 0.5) is 5.95 Å². The quantitative estimate of drug-likeness (QED) is 0.503. The lowest BCUT2D eigenvalue weighted by Gasteiger charge is -2.05. The zero-order valence-electron chi connectivity index (χ0n) is 10.8. The van der Waals surface area contributed by atoms with E-state index in [1.54, 1.807) is 0 Å². The van der Waals surface area contributed by atoms with E-state index in [1.807, 2.05) is 6.26 Å². The molecule has 3 aromatic heterocycles. The predicted molar refractivity (Wildman–Crippen MR) is 81.6 cm³/mol. The van der Waals surface area contributed by atoms with Gasteiger partial charge < -0.3 is 15.9 Å². The van der Waals surface area contributed by atoms with Gasteiger partial charge in [-0.1, -0.05) is 0 Å². The van der Waals surface area contributed by atoms with Crippen LogP contribution in [0.15, 0.2) is 9.69 Å². The van der Waals surface area contributed by atoms with Gasteiger partial charge in [-0.2, -0.15) is 4.98 Å². The smallest absolute Gasteiger partial charge is 0.280 e. The SMILES string of the molecule is CSc1c(C(O)CO)sc2nc3nc(N)[nH]c(=O)c3nc12. The molecule has 0 radical (unpaired) electrons. The van der Waals surface area contributed by atoms with Crippen molar-refractivity contribution in [3.05, 3.63) is 15.2 Å². The Bertz CT molecular complexity index is 891. The van der Waals surface area contributed by atoms with Crippen LogP contribution in [-0.2, 0) is 0 Å². The molecule has 21 heavy (non-hydrogen) atoms. The predicted octanol–water partition coefficient (Wildman–Crippen LogP) is 0.258. The highest BCUT2D eigenvalue weighted by Gasteiger charge is 2.21. The van der Waals surface area contributed by atoms with Gasteiger partial charge in [-0.25, -0.2) is 9.97 Å². The van der Waals surface area contributed by atoms with E-state index in [0.29, 0.717) is 20.1 Å². The Balaban J connectivity index is 2.39. The van der Waals surface area contributed by atoms with Gasteiger partial charge in [0.1, 0.15) is 16.5 Å². The summed E-state index contributed by atoms with van der Waals surface area (Å²) in [5.41, 5.74) is 5.79. The molecule has 1 atom stereocenters. The lowest BCUT2D eigenvalue weighted by molar-refractivity contribution is 0.0967. The average molecular weight is 325 g/mol. The molecule has 10 heteroatoms. The van der Waals surface area contributed by atoms with Crippen LogP contribution < -0.4 is 11.3 Å². The van der Waals surface area contributed by atoms with Crippen molar-refractivity contribution in [1.82, 2.24) is 19.9 Å². The molecule has 0 saturated heterocycles. The maximum atomic E-state index is 11.9. The summed E-state index contributed by atoms with van der Waals surface area (Å²) in [4.78, 5) is 28.6. The van der Waals surface area contributed by atoms with Crippen molar-refractivity contribution in [2.24, 2.45) is 0 Å². The van der Waals surface area contributed by atoms with Crippen molar-refractivity contribution in [1.29, 1.82) is 0 Å². The summed E-state index contributed by atoms with van der Waals surface area (Å²) in [7, 11) is 0. The fraction of sp³-hybridized carbons (Fsp3) is 0.273. The van der Waals surface area contributed by atoms with E-state index in [0.717, 1.165) is 0 Å². The number of nitrogens with one attached hydrogen (secondary N) is 1. The van der Waals surface area contributed by atoms with Gasteiger partial charge in [0.05, 0.1) is 16.4 Å². The van der Waals surface area contributed by atoms with Crippen molar-refractivity contribution in [3.63, 3.8) is 0 Å². The number of hydrogen-bond donors (Lipinski definition) is 4. The summed E-state index contributed by atoms with van der Waals surface area (Å²) in [6, 6.07) is 0. The molecule has 0 bridgehead atoms. The maximum absolute atomic E-state index is 11.9. The lowest BCUT2D eigenvalue weighted by atomic mass is 10.3. The molecule has 5 N–H and O–H groups in total. The lowest BCUT2D eigenvalue weighted by Crippen LogP contribution is -2.13. The van der Waals surface area contributed by atoms with E-state index in [2.05, 4.69) is 19.9 Å². The second kappa shape index (κ2) is 5.22. The molecular weight excluding hydrogens is 314 g/mol. The Labute approximate surface area is 126 Å². The number of aromatic nitrogens is 4. The molecule has 3 aromatic rings. The zero-order valence-corrected chi connectivity index (χ0v) is 12.5. The maximum Gasteiger partial charge on any atom is 0.280 e. The summed E-state index contributed by atoms with van der Waals surface area (Å²) < 4.78 is 0. The molecule has 0 saturated carbocycles. The second-order valence-electron chi connectivity index (χ2n) is 4.20. The molecule has 8 nitrogen and oxygen atoms in total. The number of thioether (sulfide) groups is 1. The largest absolute Gasteiger partial charge is 0.393 e. The molecule has 0 aliphatic heterocycles. The van der Waals surface area contributed by atoms with E-state index in [4.69, 9.17) is 10.8 Å². The van der Waals surface area contributed by atoms with Crippen LogP contribution in [0.5, 0.6) is 0 Å². The highest BCUT2D eigenvalue weighted by atomic mass is 32.2. The van der Waals surface area contributed by atoms with Crippen molar-refractivity contribution >= 4 is 50.6 Å². The third-order valence-electron chi connectivity index (χ3n) is 2.85. The van der Waals surface area contributed by atoms with Crippen LogP contribution in [-0.4, -0.2) is 43.0 Å². The number of hydrogen-bond acceptors (Lipinski definition) is 9. The first-order valence-corrected chi connectivity index (χ1v) is 7.92. The fourth-order valence-electron chi connectivity index (χ4n) is 1.95. The van der Waals surface area contributed by atoms with Gasteiger partial charge in [-0.15, -0.1) is 23.1 Å². The van der Waals surface area contributed by atoms with E-state index in [9.17, 15) is 9.90 Å². The molecule has 1 unspecified atom stereocenters. The van der Waals surface area contributed by atoms with Crippen LogP contribution in [0.1, 0.15) is 11.0 Å². The number of nitrogens with two attached hydrogens (primary N) is 1. The minimum atomic E-state index is -1.01. The van der Waals surface area contributed by atoms with Crippen molar-refractivity contribution in [2.75, 3.05) is 18.6 Å². The monoisotopic (exact) mass is 325 g/mol. The van der Waals surface area contributed by atoms with Crippen molar-refractivity contribution in [3.8, 4) is 0 Å². The van der Waals surface area contributed by atoms with Gasteiger partial charge in [-0.05, 0) is 6.26 Å². The Morgan fingerprint density at radius 1 is 1.38 bits per heavy atom. The first-order valence-electron chi connectivity index (χ1n) is 5.88. The minimum Gasteiger partial charge on any atom is -0.393 e. The normalized spacial score (nSPS) is 13.1.